The molecule has 11 N–H and O–H groups in total. The number of aryl methyl sites for hydroxylation is 1. The number of aromatic nitrogens is 3. The van der Waals surface area contributed by atoms with E-state index in [1.165, 1.54) is 27.6 Å². The zero-order chi connectivity index (χ0) is 28.8. The molecule has 0 bridgehead atoms. The summed E-state index contributed by atoms with van der Waals surface area (Å²) in [4.78, 5) is 17.3. The first-order chi connectivity index (χ1) is 18.1. The van der Waals surface area contributed by atoms with Crippen molar-refractivity contribution in [3.63, 3.8) is 0 Å². The van der Waals surface area contributed by atoms with Crippen LogP contribution >= 0.6 is 82.6 Å². The molecule has 11 nitrogen and oxygen atoms in total. The van der Waals surface area contributed by atoms with Crippen molar-refractivity contribution in [2.75, 3.05) is 56.9 Å². The van der Waals surface area contributed by atoms with Gasteiger partial charge in [-0.1, -0.05) is 0 Å². The third kappa shape index (κ3) is 26.5. The van der Waals surface area contributed by atoms with Crippen LogP contribution in [-0.2, 0) is 24.0 Å². The van der Waals surface area contributed by atoms with Gasteiger partial charge in [-0.15, -0.1) is 70.4 Å². The molecule has 230 valence electrons. The maximum atomic E-state index is 8.47. The lowest BCUT2D eigenvalue weighted by Crippen LogP contribution is -2.18. The van der Waals surface area contributed by atoms with Crippen LogP contribution in [0.5, 0.6) is 0 Å². The van der Waals surface area contributed by atoms with Crippen molar-refractivity contribution in [1.82, 2.24) is 19.9 Å². The van der Waals surface area contributed by atoms with Crippen LogP contribution in [0.25, 0.3) is 0 Å². The van der Waals surface area contributed by atoms with Gasteiger partial charge in [0.1, 0.15) is 0 Å². The van der Waals surface area contributed by atoms with Gasteiger partial charge in [0.05, 0.1) is 12.9 Å². The number of alkyl halides is 1. The van der Waals surface area contributed by atoms with Crippen molar-refractivity contribution in [2.24, 2.45) is 11.5 Å². The number of halogens is 3. The number of rotatable bonds is 7. The van der Waals surface area contributed by atoms with Crippen molar-refractivity contribution < 1.29 is 9.84 Å². The topological polar surface area (TPSA) is 201 Å². The first-order valence-corrected chi connectivity index (χ1v) is 14.7. The molecule has 0 unspecified atom stereocenters. The highest BCUT2D eigenvalue weighted by Crippen LogP contribution is 2.15. The predicted octanol–water partition coefficient (Wildman–Crippen LogP) is 3.55. The summed E-state index contributed by atoms with van der Waals surface area (Å²) in [7, 11) is 4.12. The molecule has 0 saturated heterocycles. The number of thiazole rings is 3. The predicted molar refractivity (Wildman–Crippen MR) is 182 cm³/mol. The lowest BCUT2D eigenvalue weighted by molar-refractivity contribution is 0.281. The normalized spacial score (nSPS) is 10.4. The number of hydrogen-bond acceptors (Lipinski definition) is 13. The molecule has 18 heteroatoms. The number of thiocarbonyl (C=S) groups is 1. The number of hydrogen-bond donors (Lipinski definition) is 6. The van der Waals surface area contributed by atoms with E-state index in [4.69, 9.17) is 38.6 Å². The lowest BCUT2D eigenvalue weighted by Gasteiger charge is -2.06. The summed E-state index contributed by atoms with van der Waals surface area (Å²) in [5.41, 5.74) is 25.4. The molecule has 0 aromatic carbocycles. The summed E-state index contributed by atoms with van der Waals surface area (Å²) in [6.07, 6.45) is 12.7. The Hall–Kier alpha value is -1.69. The second-order valence-corrected chi connectivity index (χ2v) is 11.7. The maximum absolute atomic E-state index is 8.47. The molecule has 40 heavy (non-hydrogen) atoms. The Morgan fingerprint density at radius 2 is 1.35 bits per heavy atom. The summed E-state index contributed by atoms with van der Waals surface area (Å²) in [5.74, 6) is 0.641. The molecule has 0 saturated carbocycles. The molecular formula is C22H40Cl3N9O2S4. The average Bonchev–Trinajstić information content (AvgIpc) is 3.65. The Balaban J connectivity index is -0.000000439. The average molecular weight is 697 g/mol. The van der Waals surface area contributed by atoms with E-state index in [-0.39, 0.29) is 36.5 Å². The van der Waals surface area contributed by atoms with Gasteiger partial charge in [0.15, 0.2) is 20.5 Å². The van der Waals surface area contributed by atoms with E-state index >= 15 is 0 Å². The van der Waals surface area contributed by atoms with Gasteiger partial charge >= 0.3 is 0 Å². The van der Waals surface area contributed by atoms with Gasteiger partial charge in [0, 0.05) is 65.1 Å². The zero-order valence-electron chi connectivity index (χ0n) is 22.4. The molecular weight excluding hydrogens is 657 g/mol. The Kier molecular flexibility index (Phi) is 29.4. The molecule has 0 amide bonds. The van der Waals surface area contributed by atoms with Crippen LogP contribution in [0.4, 0.5) is 15.4 Å². The second kappa shape index (κ2) is 27.5. The van der Waals surface area contributed by atoms with Crippen LogP contribution in [0.3, 0.4) is 0 Å². The minimum absolute atomic E-state index is 0. The zero-order valence-corrected chi connectivity index (χ0v) is 28.1. The molecule has 0 spiro atoms. The van der Waals surface area contributed by atoms with Crippen molar-refractivity contribution in [1.29, 1.82) is 0 Å². The molecule has 4 heterocycles. The second-order valence-electron chi connectivity index (χ2n) is 7.39. The van der Waals surface area contributed by atoms with Crippen LogP contribution in [0.2, 0.25) is 0 Å². The van der Waals surface area contributed by atoms with Crippen LogP contribution in [0, 0.1) is 0 Å². The van der Waals surface area contributed by atoms with Crippen molar-refractivity contribution in [2.45, 2.75) is 25.7 Å². The quantitative estimate of drug-likeness (QED) is 0.155. The van der Waals surface area contributed by atoms with Gasteiger partial charge < -0.3 is 43.4 Å². The van der Waals surface area contributed by atoms with Gasteiger partial charge in [-0.25, -0.2) is 15.0 Å². The fourth-order valence-electron chi connectivity index (χ4n) is 2.19. The number of likely N-dealkylation sites (N-methyl/N-ethyl adjacent to an activating group) is 1. The summed E-state index contributed by atoms with van der Waals surface area (Å²) in [5, 5.41) is 10.3. The molecule has 0 radical (unpaired) electrons. The van der Waals surface area contributed by atoms with Gasteiger partial charge in [-0.2, -0.15) is 0 Å². The van der Waals surface area contributed by atoms with Crippen LogP contribution in [-0.4, -0.2) is 69.8 Å². The Morgan fingerprint density at radius 3 is 1.60 bits per heavy atom. The van der Waals surface area contributed by atoms with Crippen LogP contribution in [0.15, 0.2) is 30.9 Å². The third-order valence-electron chi connectivity index (χ3n) is 3.81. The first kappa shape index (κ1) is 42.8. The Labute approximate surface area is 271 Å². The van der Waals surface area contributed by atoms with E-state index in [2.05, 4.69) is 57.6 Å². The van der Waals surface area contributed by atoms with Crippen molar-refractivity contribution in [3.05, 3.63) is 45.6 Å². The first-order valence-electron chi connectivity index (χ1n) is 11.3. The Morgan fingerprint density at radius 1 is 0.925 bits per heavy atom. The highest BCUT2D eigenvalue weighted by molar-refractivity contribution is 7.80. The number of anilines is 3. The van der Waals surface area contributed by atoms with Crippen molar-refractivity contribution in [3.8, 4) is 0 Å². The largest absolute Gasteiger partial charge is 0.501 e. The number of nitrogen functional groups attached to an aromatic ring is 3. The Bertz CT molecular complexity index is 985. The minimum Gasteiger partial charge on any atom is -0.501 e. The van der Waals surface area contributed by atoms with E-state index < -0.39 is 0 Å². The lowest BCUT2D eigenvalue weighted by atomic mass is 10.4. The smallest absolute Gasteiger partial charge is 0.180 e. The van der Waals surface area contributed by atoms with Crippen LogP contribution in [0.1, 0.15) is 21.1 Å². The van der Waals surface area contributed by atoms with Gasteiger partial charge in [-0.3, -0.25) is 0 Å². The van der Waals surface area contributed by atoms with E-state index in [0.29, 0.717) is 27.7 Å². The molecule has 3 aromatic rings. The molecule has 0 fully saturated rings. The van der Waals surface area contributed by atoms with E-state index in [1.807, 2.05) is 12.3 Å². The summed E-state index contributed by atoms with van der Waals surface area (Å²) >= 11 is 14.1. The maximum Gasteiger partial charge on any atom is 0.180 e. The third-order valence-corrected chi connectivity index (χ3v) is 6.66. The fraction of sp³-hybridized carbons (Fsp3) is 0.455. The van der Waals surface area contributed by atoms with Crippen molar-refractivity contribution >= 4 is 103 Å². The number of aliphatic hydroxyl groups is 1. The van der Waals surface area contributed by atoms with Gasteiger partial charge in [0.25, 0.3) is 0 Å². The highest BCUT2D eigenvalue weighted by atomic mass is 35.5. The summed E-state index contributed by atoms with van der Waals surface area (Å²) in [6.45, 7) is 2.11. The monoisotopic (exact) mass is 695 g/mol. The molecule has 0 aliphatic carbocycles. The number of aliphatic hydroxyl groups excluding tert-OH is 1. The van der Waals surface area contributed by atoms with Gasteiger partial charge in [0.2, 0.25) is 0 Å². The molecule has 1 aliphatic heterocycles. The SMILES string of the molecule is C1=COCC1.CN(C)CCc1cnc(N)s1.Cl.Cl.NC(N)=S.Nc1ncc(CCCl)s1.Nc1ncc(CCO)s1. The molecule has 3 aromatic heterocycles. The molecule has 4 rings (SSSR count). The summed E-state index contributed by atoms with van der Waals surface area (Å²) in [6, 6.07) is 0. The fourth-order valence-corrected chi connectivity index (χ4v) is 4.54. The highest BCUT2D eigenvalue weighted by Gasteiger charge is 1.98. The van der Waals surface area contributed by atoms with Gasteiger partial charge in [-0.05, 0) is 45.2 Å². The minimum atomic E-state index is 0. The number of nitrogens with two attached hydrogens (primary N) is 5. The van der Waals surface area contributed by atoms with E-state index in [1.54, 1.807) is 30.0 Å². The standard InChI is InChI=1S/C7H13N3S.C5H7ClN2S.C5H8N2OS.C4H6O.CH4N2S.2ClH/c1-10(2)4-3-6-5-9-7(8)11-6;6-2-1-4-3-8-5(7)9-4;6-5-7-3-4(9-5)1-2-8;1-2-4-5-3-1;2-1(3)4;;/h5H,3-4H2,1-2H3,(H2,8,9);3H,1-2H2,(H2,7,8);3,8H,1-2H2,(H2,6,7);1,3H,2,4H2;(H4,2,3,4);2*1H. The van der Waals surface area contributed by atoms with E-state index in [9.17, 15) is 0 Å². The molecule has 0 atom stereocenters. The number of nitrogens with zero attached hydrogens (tertiary/aromatic N) is 4. The molecule has 1 aliphatic rings. The van der Waals surface area contributed by atoms with E-state index in [0.717, 1.165) is 42.2 Å². The number of ether oxygens (including phenoxy) is 1. The van der Waals surface area contributed by atoms with Crippen LogP contribution < -0.4 is 28.7 Å². The summed E-state index contributed by atoms with van der Waals surface area (Å²) < 4.78 is 4.76.